The molecule has 0 atom stereocenters. The molecule has 1 N–H and O–H groups in total. The first-order valence-electron chi connectivity index (χ1n) is 8.93. The molecule has 26 heavy (non-hydrogen) atoms. The number of Topliss-reactive ketones (excluding diaryl/α,β-unsaturated/α-hetero) is 1. The number of pyridine rings is 1. The lowest BCUT2D eigenvalue weighted by Crippen LogP contribution is -2.37. The van der Waals surface area contributed by atoms with E-state index in [0.29, 0.717) is 6.54 Å². The Morgan fingerprint density at radius 3 is 2.58 bits per heavy atom. The maximum absolute atomic E-state index is 12.9. The zero-order valence-corrected chi connectivity index (χ0v) is 14.8. The van der Waals surface area contributed by atoms with Crippen LogP contribution in [-0.4, -0.2) is 10.8 Å². The van der Waals surface area contributed by atoms with Gasteiger partial charge in [0.1, 0.15) is 0 Å². The molecule has 2 heterocycles. The lowest BCUT2D eigenvalue weighted by molar-refractivity contribution is -0.682. The number of aromatic amines is 1. The third kappa shape index (κ3) is 3.04. The largest absolute Gasteiger partial charge is 0.360 e. The molecule has 0 unspecified atom stereocenters. The zero-order chi connectivity index (χ0) is 17.9. The predicted octanol–water partition coefficient (Wildman–Crippen LogP) is 4.57. The van der Waals surface area contributed by atoms with Gasteiger partial charge in [0.25, 0.3) is 0 Å². The van der Waals surface area contributed by atoms with Crippen molar-refractivity contribution in [3.05, 3.63) is 90.4 Å². The predicted molar refractivity (Wildman–Crippen MR) is 104 cm³/mol. The number of hydrogen-bond acceptors (Lipinski definition) is 1. The molecule has 4 rings (SSSR count). The highest BCUT2D eigenvalue weighted by Crippen LogP contribution is 2.23. The number of carbonyl (C=O) groups is 1. The smallest absolute Gasteiger partial charge is 0.229 e. The van der Waals surface area contributed by atoms with Gasteiger partial charge in [-0.1, -0.05) is 55.5 Å². The van der Waals surface area contributed by atoms with E-state index in [1.807, 2.05) is 59.6 Å². The van der Waals surface area contributed by atoms with Crippen molar-refractivity contribution in [1.82, 2.24) is 4.98 Å². The number of carbonyl (C=O) groups excluding carboxylic acids is 1. The van der Waals surface area contributed by atoms with E-state index < -0.39 is 0 Å². The molecule has 0 radical (unpaired) electrons. The number of ketones is 1. The normalized spacial score (nSPS) is 11.0. The molecule has 0 bridgehead atoms. The lowest BCUT2D eigenvalue weighted by atomic mass is 10.0. The van der Waals surface area contributed by atoms with Crippen LogP contribution in [0.15, 0.2) is 79.3 Å². The minimum atomic E-state index is 0.111. The molecule has 0 amide bonds. The maximum Gasteiger partial charge on any atom is 0.229 e. The van der Waals surface area contributed by atoms with Crippen LogP contribution < -0.4 is 4.57 Å². The number of nitrogens with one attached hydrogen (secondary N) is 1. The Hall–Kier alpha value is -3.20. The number of benzene rings is 2. The Morgan fingerprint density at radius 2 is 1.77 bits per heavy atom. The molecule has 0 aliphatic rings. The van der Waals surface area contributed by atoms with Crippen molar-refractivity contribution >= 4 is 16.7 Å². The second-order valence-corrected chi connectivity index (χ2v) is 6.45. The van der Waals surface area contributed by atoms with Gasteiger partial charge >= 0.3 is 0 Å². The van der Waals surface area contributed by atoms with E-state index >= 15 is 0 Å². The Balaban J connectivity index is 1.63. The average molecular weight is 341 g/mol. The highest BCUT2D eigenvalue weighted by molar-refractivity contribution is 6.07. The molecule has 0 spiro atoms. The van der Waals surface area contributed by atoms with Crippen LogP contribution in [0.25, 0.3) is 22.0 Å². The molecule has 3 nitrogen and oxygen atoms in total. The van der Waals surface area contributed by atoms with Crippen LogP contribution in [0.4, 0.5) is 0 Å². The molecule has 0 aliphatic carbocycles. The van der Waals surface area contributed by atoms with Gasteiger partial charge in [-0.2, -0.15) is 4.57 Å². The van der Waals surface area contributed by atoms with E-state index in [-0.39, 0.29) is 5.78 Å². The molecule has 0 saturated heterocycles. The third-order valence-electron chi connectivity index (χ3n) is 4.77. The molecule has 0 aliphatic heterocycles. The summed E-state index contributed by atoms with van der Waals surface area (Å²) in [5, 5.41) is 1.01. The number of fused-ring (bicyclic) bond motifs is 1. The topological polar surface area (TPSA) is 36.7 Å². The Kier molecular flexibility index (Phi) is 4.36. The van der Waals surface area contributed by atoms with E-state index in [4.69, 9.17) is 0 Å². The van der Waals surface area contributed by atoms with Crippen molar-refractivity contribution in [2.24, 2.45) is 0 Å². The summed E-state index contributed by atoms with van der Waals surface area (Å²) in [5.74, 6) is 0.111. The van der Waals surface area contributed by atoms with Crippen molar-refractivity contribution in [1.29, 1.82) is 0 Å². The van der Waals surface area contributed by atoms with Gasteiger partial charge in [-0.25, -0.2) is 0 Å². The van der Waals surface area contributed by atoms with Crippen molar-refractivity contribution < 1.29 is 9.36 Å². The van der Waals surface area contributed by atoms with Crippen molar-refractivity contribution in [3.63, 3.8) is 0 Å². The molecular formula is C23H21N2O+. The molecule has 2 aromatic carbocycles. The van der Waals surface area contributed by atoms with Crippen LogP contribution >= 0.6 is 0 Å². The standard InChI is InChI=1S/C23H20N2O/c1-2-17-10-6-12-20-21(14-24-23(17)20)22(26)16-25-13-7-11-19(15-25)18-8-4-3-5-9-18/h3-15H,2,16H2,1H3/p+1. The number of aryl methyl sites for hydroxylation is 1. The first-order chi connectivity index (χ1) is 12.8. The summed E-state index contributed by atoms with van der Waals surface area (Å²) in [5.41, 5.74) is 5.32. The quantitative estimate of drug-likeness (QED) is 0.419. The number of H-pyrrole nitrogens is 1. The van der Waals surface area contributed by atoms with Crippen molar-refractivity contribution in [2.75, 3.05) is 0 Å². The Labute approximate surface area is 152 Å². The summed E-state index contributed by atoms with van der Waals surface area (Å²) < 4.78 is 1.95. The number of nitrogens with zero attached hydrogens (tertiary/aromatic N) is 1. The van der Waals surface area contributed by atoms with Gasteiger partial charge in [0, 0.05) is 34.3 Å². The van der Waals surface area contributed by atoms with E-state index in [0.717, 1.165) is 34.0 Å². The van der Waals surface area contributed by atoms with Crippen LogP contribution in [0, 0.1) is 0 Å². The lowest BCUT2D eigenvalue weighted by Gasteiger charge is -2.02. The Morgan fingerprint density at radius 1 is 0.962 bits per heavy atom. The summed E-state index contributed by atoms with van der Waals surface area (Å²) in [4.78, 5) is 16.2. The molecule has 4 aromatic rings. The maximum atomic E-state index is 12.9. The number of para-hydroxylation sites is 1. The van der Waals surface area contributed by atoms with Gasteiger partial charge in [-0.3, -0.25) is 4.79 Å². The Bertz CT molecular complexity index is 1060. The second kappa shape index (κ2) is 6.96. The summed E-state index contributed by atoms with van der Waals surface area (Å²) >= 11 is 0. The van der Waals surface area contributed by atoms with Crippen molar-refractivity contribution in [2.45, 2.75) is 19.9 Å². The van der Waals surface area contributed by atoms with Gasteiger partial charge in [0.15, 0.2) is 12.4 Å². The van der Waals surface area contributed by atoms with Gasteiger partial charge in [0.05, 0.1) is 0 Å². The highest BCUT2D eigenvalue weighted by Gasteiger charge is 2.17. The minimum absolute atomic E-state index is 0.111. The van der Waals surface area contributed by atoms with Crippen LogP contribution in [0.1, 0.15) is 22.8 Å². The highest BCUT2D eigenvalue weighted by atomic mass is 16.1. The fourth-order valence-electron chi connectivity index (χ4n) is 3.42. The SMILES string of the molecule is CCc1cccc2c(C(=O)C[n+]3cccc(-c4ccccc4)c3)c[nH]c12. The fourth-order valence-corrected chi connectivity index (χ4v) is 3.42. The summed E-state index contributed by atoms with van der Waals surface area (Å²) in [6.07, 6.45) is 6.75. The summed E-state index contributed by atoms with van der Waals surface area (Å²) in [7, 11) is 0. The van der Waals surface area contributed by atoms with Crippen LogP contribution in [0.3, 0.4) is 0 Å². The second-order valence-electron chi connectivity index (χ2n) is 6.45. The van der Waals surface area contributed by atoms with Crippen LogP contribution in [0.2, 0.25) is 0 Å². The number of aromatic nitrogens is 2. The molecule has 0 fully saturated rings. The first-order valence-corrected chi connectivity index (χ1v) is 8.93. The minimum Gasteiger partial charge on any atom is -0.360 e. The van der Waals surface area contributed by atoms with Gasteiger partial charge < -0.3 is 4.98 Å². The molecular weight excluding hydrogens is 320 g/mol. The van der Waals surface area contributed by atoms with Gasteiger partial charge in [-0.05, 0) is 23.6 Å². The van der Waals surface area contributed by atoms with E-state index in [9.17, 15) is 4.79 Å². The van der Waals surface area contributed by atoms with E-state index in [1.54, 1.807) is 0 Å². The van der Waals surface area contributed by atoms with Crippen molar-refractivity contribution in [3.8, 4) is 11.1 Å². The fraction of sp³-hybridized carbons (Fsp3) is 0.130. The van der Waals surface area contributed by atoms with E-state index in [2.05, 4.69) is 36.2 Å². The van der Waals surface area contributed by atoms with Gasteiger partial charge in [-0.15, -0.1) is 0 Å². The zero-order valence-electron chi connectivity index (χ0n) is 14.8. The van der Waals surface area contributed by atoms with Gasteiger partial charge in [0.2, 0.25) is 12.3 Å². The van der Waals surface area contributed by atoms with Crippen LogP contribution in [0.5, 0.6) is 0 Å². The first kappa shape index (κ1) is 16.3. The molecule has 0 saturated carbocycles. The number of rotatable bonds is 5. The number of hydrogen-bond donors (Lipinski definition) is 1. The third-order valence-corrected chi connectivity index (χ3v) is 4.77. The molecule has 2 aromatic heterocycles. The molecule has 3 heteroatoms. The average Bonchev–Trinajstić information content (AvgIpc) is 3.13. The monoisotopic (exact) mass is 341 g/mol. The summed E-state index contributed by atoms with van der Waals surface area (Å²) in [6.45, 7) is 2.45. The summed E-state index contributed by atoms with van der Waals surface area (Å²) in [6, 6.07) is 20.4. The molecule has 128 valence electrons. The van der Waals surface area contributed by atoms with Crippen LogP contribution in [-0.2, 0) is 13.0 Å². The van der Waals surface area contributed by atoms with E-state index in [1.165, 1.54) is 5.56 Å².